The third kappa shape index (κ3) is 3.38. The zero-order valence-electron chi connectivity index (χ0n) is 12.0. The summed E-state index contributed by atoms with van der Waals surface area (Å²) in [7, 11) is 0. The number of hydrogen-bond donors (Lipinski definition) is 1. The maximum Gasteiger partial charge on any atom is 0.143 e. The van der Waals surface area contributed by atoms with E-state index in [-0.39, 0.29) is 5.75 Å². The molecule has 0 aliphatic heterocycles. The average molecular weight is 268 g/mol. The van der Waals surface area contributed by atoms with Crippen LogP contribution in [0.3, 0.4) is 0 Å². The van der Waals surface area contributed by atoms with Crippen molar-refractivity contribution in [3.05, 3.63) is 54.1 Å². The summed E-state index contributed by atoms with van der Waals surface area (Å²) in [6.07, 6.45) is 1.76. The molecule has 104 valence electrons. The van der Waals surface area contributed by atoms with Gasteiger partial charge in [0.2, 0.25) is 0 Å². The summed E-state index contributed by atoms with van der Waals surface area (Å²) in [6, 6.07) is 15.5. The largest absolute Gasteiger partial charge is 0.506 e. The number of aliphatic imine (C=N–C) groups is 1. The van der Waals surface area contributed by atoms with Gasteiger partial charge in [-0.3, -0.25) is 4.99 Å². The molecular weight excluding hydrogens is 248 g/mol. The van der Waals surface area contributed by atoms with E-state index in [1.165, 1.54) is 0 Å². The van der Waals surface area contributed by atoms with Gasteiger partial charge in [-0.1, -0.05) is 30.3 Å². The van der Waals surface area contributed by atoms with Gasteiger partial charge in [-0.15, -0.1) is 0 Å². The van der Waals surface area contributed by atoms with Crippen molar-refractivity contribution >= 4 is 17.6 Å². The third-order valence-corrected chi connectivity index (χ3v) is 3.24. The molecule has 2 aromatic carbocycles. The molecule has 3 heteroatoms. The fraction of sp³-hybridized carbons (Fsp3) is 0.235. The number of rotatable bonds is 5. The minimum Gasteiger partial charge on any atom is -0.506 e. The van der Waals surface area contributed by atoms with E-state index in [2.05, 4.69) is 23.7 Å². The Hall–Kier alpha value is -2.29. The molecule has 0 aromatic heterocycles. The smallest absolute Gasteiger partial charge is 0.143 e. The SMILES string of the molecule is CCN(CC)c1ccc(N=Cc2ccccc2)c(O)c1. The Morgan fingerprint density at radius 3 is 2.35 bits per heavy atom. The van der Waals surface area contributed by atoms with Crippen molar-refractivity contribution in [1.82, 2.24) is 0 Å². The van der Waals surface area contributed by atoms with E-state index in [1.54, 1.807) is 12.3 Å². The lowest BCUT2D eigenvalue weighted by molar-refractivity contribution is 0.477. The number of benzene rings is 2. The molecule has 0 unspecified atom stereocenters. The highest BCUT2D eigenvalue weighted by Gasteiger charge is 2.05. The fourth-order valence-electron chi connectivity index (χ4n) is 2.09. The predicted octanol–water partition coefficient (Wildman–Crippen LogP) is 3.99. The van der Waals surface area contributed by atoms with E-state index in [1.807, 2.05) is 42.5 Å². The first kappa shape index (κ1) is 14.1. The number of anilines is 1. The topological polar surface area (TPSA) is 35.8 Å². The Kier molecular flexibility index (Phi) is 4.77. The van der Waals surface area contributed by atoms with Gasteiger partial charge < -0.3 is 10.0 Å². The highest BCUT2D eigenvalue weighted by atomic mass is 16.3. The van der Waals surface area contributed by atoms with Gasteiger partial charge >= 0.3 is 0 Å². The monoisotopic (exact) mass is 268 g/mol. The summed E-state index contributed by atoms with van der Waals surface area (Å²) in [6.45, 7) is 6.04. The molecule has 0 radical (unpaired) electrons. The molecule has 0 bridgehead atoms. The van der Waals surface area contributed by atoms with E-state index in [9.17, 15) is 5.11 Å². The number of phenolic OH excluding ortho intramolecular Hbond substituents is 1. The molecule has 0 fully saturated rings. The van der Waals surface area contributed by atoms with Crippen LogP contribution in [0.1, 0.15) is 19.4 Å². The first-order valence-corrected chi connectivity index (χ1v) is 6.91. The molecular formula is C17H20N2O. The van der Waals surface area contributed by atoms with Crippen molar-refractivity contribution in [2.45, 2.75) is 13.8 Å². The minimum atomic E-state index is 0.210. The zero-order valence-corrected chi connectivity index (χ0v) is 12.0. The molecule has 1 N–H and O–H groups in total. The number of hydrogen-bond acceptors (Lipinski definition) is 3. The molecule has 2 aromatic rings. The zero-order chi connectivity index (χ0) is 14.4. The summed E-state index contributed by atoms with van der Waals surface area (Å²) < 4.78 is 0. The van der Waals surface area contributed by atoms with Crippen LogP contribution in [0.2, 0.25) is 0 Å². The van der Waals surface area contributed by atoms with Crippen LogP contribution >= 0.6 is 0 Å². The quantitative estimate of drug-likeness (QED) is 0.832. The summed E-state index contributed by atoms with van der Waals surface area (Å²) in [4.78, 5) is 6.52. The Balaban J connectivity index is 2.20. The number of aromatic hydroxyl groups is 1. The molecule has 0 atom stereocenters. The maximum atomic E-state index is 10.1. The van der Waals surface area contributed by atoms with E-state index in [4.69, 9.17) is 0 Å². The van der Waals surface area contributed by atoms with Crippen molar-refractivity contribution in [3.8, 4) is 5.75 Å². The summed E-state index contributed by atoms with van der Waals surface area (Å²) in [5.74, 6) is 0.210. The molecule has 0 saturated heterocycles. The summed E-state index contributed by atoms with van der Waals surface area (Å²) in [5.41, 5.74) is 2.62. The Morgan fingerprint density at radius 1 is 1.05 bits per heavy atom. The maximum absolute atomic E-state index is 10.1. The van der Waals surface area contributed by atoms with Gasteiger partial charge in [0.05, 0.1) is 0 Å². The van der Waals surface area contributed by atoms with Gasteiger partial charge in [-0.2, -0.15) is 0 Å². The van der Waals surface area contributed by atoms with Gasteiger partial charge in [0.25, 0.3) is 0 Å². The van der Waals surface area contributed by atoms with E-state index >= 15 is 0 Å². The highest BCUT2D eigenvalue weighted by Crippen LogP contribution is 2.30. The first-order chi connectivity index (χ1) is 9.74. The van der Waals surface area contributed by atoms with Gasteiger partial charge in [0.15, 0.2) is 0 Å². The van der Waals surface area contributed by atoms with Crippen LogP contribution in [0.15, 0.2) is 53.5 Å². The lowest BCUT2D eigenvalue weighted by Crippen LogP contribution is -2.21. The third-order valence-electron chi connectivity index (χ3n) is 3.24. The van der Waals surface area contributed by atoms with Gasteiger partial charge in [-0.05, 0) is 31.5 Å². The summed E-state index contributed by atoms with van der Waals surface area (Å²) >= 11 is 0. The normalized spacial score (nSPS) is 10.9. The van der Waals surface area contributed by atoms with Gasteiger partial charge in [0.1, 0.15) is 11.4 Å². The molecule has 0 aliphatic rings. The Labute approximate surface area is 120 Å². The average Bonchev–Trinajstić information content (AvgIpc) is 2.49. The molecule has 0 spiro atoms. The lowest BCUT2D eigenvalue weighted by Gasteiger charge is -2.21. The van der Waals surface area contributed by atoms with Crippen molar-refractivity contribution in [2.75, 3.05) is 18.0 Å². The standard InChI is InChI=1S/C17H20N2O/c1-3-19(4-2)15-10-11-16(17(20)12-15)18-13-14-8-6-5-7-9-14/h5-13,20H,3-4H2,1-2H3. The van der Waals surface area contributed by atoms with Crippen LogP contribution in [0, 0.1) is 0 Å². The minimum absolute atomic E-state index is 0.210. The molecule has 2 rings (SSSR count). The second-order valence-electron chi connectivity index (χ2n) is 4.51. The lowest BCUT2D eigenvalue weighted by atomic mass is 10.2. The highest BCUT2D eigenvalue weighted by molar-refractivity contribution is 5.82. The van der Waals surface area contributed by atoms with Crippen molar-refractivity contribution in [2.24, 2.45) is 4.99 Å². The Morgan fingerprint density at radius 2 is 1.75 bits per heavy atom. The second kappa shape index (κ2) is 6.75. The van der Waals surface area contributed by atoms with Crippen molar-refractivity contribution < 1.29 is 5.11 Å². The molecule has 0 heterocycles. The fourth-order valence-corrected chi connectivity index (χ4v) is 2.09. The second-order valence-corrected chi connectivity index (χ2v) is 4.51. The van der Waals surface area contributed by atoms with Crippen LogP contribution in [0.4, 0.5) is 11.4 Å². The summed E-state index contributed by atoms with van der Waals surface area (Å²) in [5, 5.41) is 10.1. The van der Waals surface area contributed by atoms with E-state index < -0.39 is 0 Å². The molecule has 0 saturated carbocycles. The van der Waals surface area contributed by atoms with Crippen molar-refractivity contribution in [1.29, 1.82) is 0 Å². The van der Waals surface area contributed by atoms with E-state index in [0.717, 1.165) is 24.3 Å². The number of phenols is 1. The van der Waals surface area contributed by atoms with Gasteiger partial charge in [0, 0.05) is 31.1 Å². The number of nitrogens with zero attached hydrogens (tertiary/aromatic N) is 2. The molecule has 20 heavy (non-hydrogen) atoms. The molecule has 0 aliphatic carbocycles. The van der Waals surface area contributed by atoms with Crippen LogP contribution in [0.5, 0.6) is 5.75 Å². The van der Waals surface area contributed by atoms with Crippen molar-refractivity contribution in [3.63, 3.8) is 0 Å². The van der Waals surface area contributed by atoms with Crippen LogP contribution in [-0.2, 0) is 0 Å². The van der Waals surface area contributed by atoms with Crippen LogP contribution < -0.4 is 4.90 Å². The Bertz CT molecular complexity index is 575. The van der Waals surface area contributed by atoms with Crippen LogP contribution in [0.25, 0.3) is 0 Å². The van der Waals surface area contributed by atoms with Crippen LogP contribution in [-0.4, -0.2) is 24.4 Å². The van der Waals surface area contributed by atoms with E-state index in [0.29, 0.717) is 5.69 Å². The predicted molar refractivity (Wildman–Crippen MR) is 85.4 cm³/mol. The first-order valence-electron chi connectivity index (χ1n) is 6.91. The van der Waals surface area contributed by atoms with Gasteiger partial charge in [-0.25, -0.2) is 0 Å². The molecule has 0 amide bonds. The molecule has 3 nitrogen and oxygen atoms in total.